The molecule has 0 aliphatic heterocycles. The molecule has 1 aromatic carbocycles. The molecule has 0 saturated carbocycles. The largest absolute Gasteiger partial charge is 1.00 e. The van der Waals surface area contributed by atoms with E-state index in [1.807, 2.05) is 30.3 Å². The fraction of sp³-hybridized carbons (Fsp3) is 0. The molecule has 0 radical (unpaired) electrons. The molecule has 0 bridgehead atoms. The van der Waals surface area contributed by atoms with Gasteiger partial charge in [0.2, 0.25) is 0 Å². The van der Waals surface area contributed by atoms with Crippen molar-refractivity contribution in [2.24, 2.45) is 0 Å². The number of aliphatic carboxylic acids is 1. The summed E-state index contributed by atoms with van der Waals surface area (Å²) in [5.74, 6) is -1.17. The van der Waals surface area contributed by atoms with Crippen LogP contribution in [0.5, 0.6) is 0 Å². The summed E-state index contributed by atoms with van der Waals surface area (Å²) in [4.78, 5) is 9.97. The molecular formula is C9H7O2Rb. The third kappa shape index (κ3) is 4.98. The summed E-state index contributed by atoms with van der Waals surface area (Å²) >= 11 is 0. The average molecular weight is 233 g/mol. The number of carbonyl (C=O) groups is 1. The molecule has 1 aromatic rings. The minimum atomic E-state index is -1.17. The van der Waals surface area contributed by atoms with E-state index in [2.05, 4.69) is 0 Å². The van der Waals surface area contributed by atoms with Crippen molar-refractivity contribution in [3.8, 4) is 0 Å². The Kier molecular flexibility index (Phi) is 6.85. The molecule has 0 N–H and O–H groups in total. The quantitative estimate of drug-likeness (QED) is 0.527. The zero-order valence-electron chi connectivity index (χ0n) is 6.86. The number of rotatable bonds is 2. The minimum Gasteiger partial charge on any atom is -0.545 e. The Balaban J connectivity index is 0.00000121. The maximum Gasteiger partial charge on any atom is 1.00 e. The van der Waals surface area contributed by atoms with Gasteiger partial charge in [-0.2, -0.15) is 0 Å². The topological polar surface area (TPSA) is 40.1 Å². The van der Waals surface area contributed by atoms with E-state index in [4.69, 9.17) is 0 Å². The first-order chi connectivity index (χ1) is 5.29. The van der Waals surface area contributed by atoms with Crippen LogP contribution in [0, 0.1) is 0 Å². The molecule has 12 heavy (non-hydrogen) atoms. The molecule has 0 atom stereocenters. The van der Waals surface area contributed by atoms with Crippen molar-refractivity contribution in [3.05, 3.63) is 42.0 Å². The molecule has 3 heteroatoms. The maximum atomic E-state index is 9.97. The van der Waals surface area contributed by atoms with Crippen molar-refractivity contribution in [2.45, 2.75) is 0 Å². The summed E-state index contributed by atoms with van der Waals surface area (Å²) in [5.41, 5.74) is 0.858. The standard InChI is InChI=1S/C9H8O2.Rb/c10-9(11)7-6-8-4-2-1-3-5-8;/h1-7H,(H,10,11);/q;+1/p-1/b7-6+;. The summed E-state index contributed by atoms with van der Waals surface area (Å²) in [6.07, 6.45) is 2.50. The van der Waals surface area contributed by atoms with E-state index in [0.717, 1.165) is 11.6 Å². The Hall–Kier alpha value is 0.235. The fourth-order valence-corrected chi connectivity index (χ4v) is 0.728. The zero-order chi connectivity index (χ0) is 8.10. The van der Waals surface area contributed by atoms with Crippen LogP contribution in [0.2, 0.25) is 0 Å². The molecule has 56 valence electrons. The van der Waals surface area contributed by atoms with E-state index in [-0.39, 0.29) is 58.2 Å². The summed E-state index contributed by atoms with van der Waals surface area (Å²) in [5, 5.41) is 9.97. The van der Waals surface area contributed by atoms with E-state index in [1.165, 1.54) is 6.08 Å². The van der Waals surface area contributed by atoms with Crippen LogP contribution in [0.1, 0.15) is 5.56 Å². The second-order valence-corrected chi connectivity index (χ2v) is 2.06. The van der Waals surface area contributed by atoms with Crippen LogP contribution in [0.25, 0.3) is 6.08 Å². The Labute approximate surface area is 120 Å². The van der Waals surface area contributed by atoms with Crippen molar-refractivity contribution in [2.75, 3.05) is 0 Å². The Morgan fingerprint density at radius 3 is 2.33 bits per heavy atom. The van der Waals surface area contributed by atoms with Crippen molar-refractivity contribution in [1.82, 2.24) is 0 Å². The van der Waals surface area contributed by atoms with Crippen LogP contribution >= 0.6 is 0 Å². The number of carbonyl (C=O) groups excluding carboxylic acids is 1. The smallest absolute Gasteiger partial charge is 0.545 e. The van der Waals surface area contributed by atoms with Gasteiger partial charge in [-0.15, -0.1) is 0 Å². The monoisotopic (exact) mass is 232 g/mol. The predicted octanol–water partition coefficient (Wildman–Crippen LogP) is -2.55. The van der Waals surface area contributed by atoms with Crippen molar-refractivity contribution < 1.29 is 68.1 Å². The van der Waals surface area contributed by atoms with E-state index < -0.39 is 5.97 Å². The van der Waals surface area contributed by atoms with Gasteiger partial charge in [0.05, 0.1) is 5.97 Å². The van der Waals surface area contributed by atoms with E-state index in [0.29, 0.717) is 0 Å². The summed E-state index contributed by atoms with van der Waals surface area (Å²) in [6.45, 7) is 0. The fourth-order valence-electron chi connectivity index (χ4n) is 0.728. The molecule has 2 nitrogen and oxygen atoms in total. The molecule has 0 aliphatic rings. The van der Waals surface area contributed by atoms with Gasteiger partial charge in [0.25, 0.3) is 0 Å². The maximum absolute atomic E-state index is 9.97. The summed E-state index contributed by atoms with van der Waals surface area (Å²) in [6, 6.07) is 9.19. The Morgan fingerprint density at radius 1 is 1.25 bits per heavy atom. The summed E-state index contributed by atoms with van der Waals surface area (Å²) < 4.78 is 0. The molecule has 0 saturated heterocycles. The van der Waals surface area contributed by atoms with Crippen LogP contribution in [-0.4, -0.2) is 5.97 Å². The van der Waals surface area contributed by atoms with Gasteiger partial charge in [-0.25, -0.2) is 0 Å². The molecule has 0 amide bonds. The SMILES string of the molecule is O=C([O-])/C=C/c1ccccc1.[Rb+]. The number of benzene rings is 1. The van der Waals surface area contributed by atoms with E-state index in [9.17, 15) is 9.90 Å². The Morgan fingerprint density at radius 2 is 1.83 bits per heavy atom. The van der Waals surface area contributed by atoms with Crippen molar-refractivity contribution in [1.29, 1.82) is 0 Å². The van der Waals surface area contributed by atoms with Crippen LogP contribution in [0.15, 0.2) is 36.4 Å². The van der Waals surface area contributed by atoms with Gasteiger partial charge in [0.1, 0.15) is 0 Å². The molecule has 0 fully saturated rings. The first kappa shape index (κ1) is 12.2. The first-order valence-electron chi connectivity index (χ1n) is 3.23. The number of carboxylic acids is 1. The molecule has 0 spiro atoms. The number of hydrogen-bond acceptors (Lipinski definition) is 2. The number of carboxylic acid groups (broad SMARTS) is 1. The normalized spacial score (nSPS) is 9.33. The molecule has 1 rings (SSSR count). The van der Waals surface area contributed by atoms with Crippen LogP contribution in [0.4, 0.5) is 0 Å². The van der Waals surface area contributed by atoms with Gasteiger partial charge in [-0.05, 0) is 11.6 Å². The van der Waals surface area contributed by atoms with Gasteiger partial charge in [0.15, 0.2) is 0 Å². The molecule has 0 aromatic heterocycles. The van der Waals surface area contributed by atoms with Crippen LogP contribution < -0.4 is 63.3 Å². The van der Waals surface area contributed by atoms with Gasteiger partial charge in [-0.1, -0.05) is 36.4 Å². The third-order valence-corrected chi connectivity index (χ3v) is 1.21. The number of hydrogen-bond donors (Lipinski definition) is 0. The predicted molar refractivity (Wildman–Crippen MR) is 40.5 cm³/mol. The third-order valence-electron chi connectivity index (χ3n) is 1.21. The van der Waals surface area contributed by atoms with Gasteiger partial charge in [-0.3, -0.25) is 0 Å². The van der Waals surface area contributed by atoms with E-state index >= 15 is 0 Å². The second kappa shape index (κ2) is 6.72. The van der Waals surface area contributed by atoms with E-state index in [1.54, 1.807) is 0 Å². The second-order valence-electron chi connectivity index (χ2n) is 2.06. The van der Waals surface area contributed by atoms with Gasteiger partial charge >= 0.3 is 58.2 Å². The van der Waals surface area contributed by atoms with Crippen molar-refractivity contribution in [3.63, 3.8) is 0 Å². The van der Waals surface area contributed by atoms with Crippen LogP contribution in [0.3, 0.4) is 0 Å². The zero-order valence-corrected chi connectivity index (χ0v) is 11.8. The first-order valence-corrected chi connectivity index (χ1v) is 3.23. The average Bonchev–Trinajstić information content (AvgIpc) is 2.03. The molecule has 0 heterocycles. The summed E-state index contributed by atoms with van der Waals surface area (Å²) in [7, 11) is 0. The van der Waals surface area contributed by atoms with Crippen molar-refractivity contribution >= 4 is 12.0 Å². The molecule has 0 aliphatic carbocycles. The Bertz CT molecular complexity index is 267. The minimum absolute atomic E-state index is 0. The van der Waals surface area contributed by atoms with Crippen LogP contribution in [-0.2, 0) is 4.79 Å². The molecular weight excluding hydrogens is 226 g/mol. The van der Waals surface area contributed by atoms with Gasteiger partial charge in [0, 0.05) is 0 Å². The van der Waals surface area contributed by atoms with Gasteiger partial charge < -0.3 is 9.90 Å². The molecule has 0 unspecified atom stereocenters.